The van der Waals surface area contributed by atoms with Crippen LogP contribution in [0.25, 0.3) is 0 Å². The van der Waals surface area contributed by atoms with Gasteiger partial charge in [0.25, 0.3) is 0 Å². The van der Waals surface area contributed by atoms with Crippen LogP contribution in [-0.4, -0.2) is 30.8 Å². The fraction of sp³-hybridized carbons (Fsp3) is 0.933. The second kappa shape index (κ2) is 6.12. The first-order valence-electron chi connectivity index (χ1n) is 7.28. The van der Waals surface area contributed by atoms with Crippen LogP contribution >= 0.6 is 0 Å². The van der Waals surface area contributed by atoms with Gasteiger partial charge in [0.15, 0.2) is 0 Å². The van der Waals surface area contributed by atoms with E-state index in [9.17, 15) is 4.79 Å². The van der Waals surface area contributed by atoms with E-state index in [1.54, 1.807) is 0 Å². The predicted octanol–water partition coefficient (Wildman–Crippen LogP) is 2.93. The van der Waals surface area contributed by atoms with Crippen LogP contribution in [0.3, 0.4) is 0 Å². The first-order valence-corrected chi connectivity index (χ1v) is 7.28. The van der Waals surface area contributed by atoms with E-state index in [2.05, 4.69) is 31.4 Å². The van der Waals surface area contributed by atoms with Crippen molar-refractivity contribution >= 4 is 6.09 Å². The lowest BCUT2D eigenvalue weighted by Crippen LogP contribution is -2.48. The van der Waals surface area contributed by atoms with Crippen molar-refractivity contribution in [2.75, 3.05) is 13.1 Å². The molecule has 4 nitrogen and oxygen atoms in total. The van der Waals surface area contributed by atoms with Gasteiger partial charge in [-0.05, 0) is 51.5 Å². The Labute approximate surface area is 117 Å². The van der Waals surface area contributed by atoms with Gasteiger partial charge in [-0.15, -0.1) is 0 Å². The van der Waals surface area contributed by atoms with Crippen LogP contribution < -0.4 is 10.6 Å². The smallest absolute Gasteiger partial charge is 0.407 e. The molecular formula is C15H30N2O2. The molecule has 1 saturated heterocycles. The zero-order valence-corrected chi connectivity index (χ0v) is 13.3. The molecule has 1 rings (SSSR count). The molecule has 0 aromatic rings. The van der Waals surface area contributed by atoms with Gasteiger partial charge in [0, 0.05) is 12.6 Å². The lowest BCUT2D eigenvalue weighted by molar-refractivity contribution is 0.0510. The number of amides is 1. The zero-order valence-electron chi connectivity index (χ0n) is 13.3. The van der Waals surface area contributed by atoms with Crippen molar-refractivity contribution < 1.29 is 9.53 Å². The monoisotopic (exact) mass is 270 g/mol. The summed E-state index contributed by atoms with van der Waals surface area (Å²) in [5.41, 5.74) is -0.156. The molecule has 4 heteroatoms. The lowest BCUT2D eigenvalue weighted by Gasteiger charge is -2.38. The number of carbonyl (C=O) groups excluding carboxylic acids is 1. The normalized spacial score (nSPS) is 24.9. The Balaban J connectivity index is 2.35. The molecule has 0 bridgehead atoms. The van der Waals surface area contributed by atoms with Gasteiger partial charge < -0.3 is 15.4 Å². The minimum absolute atomic E-state index is 0.268. The van der Waals surface area contributed by atoms with Gasteiger partial charge in [-0.3, -0.25) is 0 Å². The molecule has 1 aliphatic rings. The molecule has 2 N–H and O–H groups in total. The Bertz CT molecular complexity index is 302. The average Bonchev–Trinajstić information content (AvgIpc) is 2.23. The van der Waals surface area contributed by atoms with Gasteiger partial charge in [-0.25, -0.2) is 4.79 Å². The number of piperidine rings is 1. The summed E-state index contributed by atoms with van der Waals surface area (Å²) in [5.74, 6) is 0.540. The quantitative estimate of drug-likeness (QED) is 0.811. The van der Waals surface area contributed by atoms with Crippen molar-refractivity contribution in [3.8, 4) is 0 Å². The number of hydrogen-bond acceptors (Lipinski definition) is 3. The topological polar surface area (TPSA) is 50.4 Å². The summed E-state index contributed by atoms with van der Waals surface area (Å²) in [6.45, 7) is 14.2. The lowest BCUT2D eigenvalue weighted by atomic mass is 9.78. The van der Waals surface area contributed by atoms with Crippen molar-refractivity contribution in [1.29, 1.82) is 0 Å². The van der Waals surface area contributed by atoms with E-state index < -0.39 is 5.60 Å². The molecule has 0 aromatic heterocycles. The summed E-state index contributed by atoms with van der Waals surface area (Å²) in [5, 5.41) is 6.46. The summed E-state index contributed by atoms with van der Waals surface area (Å²) < 4.78 is 5.26. The molecule has 0 aliphatic carbocycles. The number of nitrogens with one attached hydrogen (secondary N) is 2. The van der Waals surface area contributed by atoms with Crippen molar-refractivity contribution in [3.63, 3.8) is 0 Å². The minimum Gasteiger partial charge on any atom is -0.444 e. The molecule has 0 radical (unpaired) electrons. The van der Waals surface area contributed by atoms with Crippen molar-refractivity contribution in [2.45, 2.75) is 66.0 Å². The summed E-state index contributed by atoms with van der Waals surface area (Å²) in [4.78, 5) is 11.6. The molecule has 0 spiro atoms. The van der Waals surface area contributed by atoms with Gasteiger partial charge in [0.1, 0.15) is 5.60 Å². The van der Waals surface area contributed by atoms with Crippen LogP contribution in [0.15, 0.2) is 0 Å². The van der Waals surface area contributed by atoms with Crippen LogP contribution in [0.2, 0.25) is 0 Å². The maximum Gasteiger partial charge on any atom is 0.407 e. The number of rotatable bonds is 2. The highest BCUT2D eigenvalue weighted by atomic mass is 16.6. The van der Waals surface area contributed by atoms with Crippen molar-refractivity contribution in [1.82, 2.24) is 10.6 Å². The third kappa shape index (κ3) is 6.28. The molecule has 1 fully saturated rings. The van der Waals surface area contributed by atoms with Crippen molar-refractivity contribution in [2.24, 2.45) is 11.3 Å². The zero-order chi connectivity index (χ0) is 14.7. The Morgan fingerprint density at radius 3 is 2.42 bits per heavy atom. The summed E-state index contributed by atoms with van der Waals surface area (Å²) in [7, 11) is 0. The van der Waals surface area contributed by atoms with Crippen LogP contribution in [0.1, 0.15) is 54.4 Å². The standard InChI is InChI=1S/C15H30N2O2/c1-14(2,3)12-9-11(7-8-16-12)10-17-13(18)19-15(4,5)6/h11-12,16H,7-10H2,1-6H3,(H,17,18). The number of carbonyl (C=O) groups is 1. The van der Waals surface area contributed by atoms with Crippen molar-refractivity contribution in [3.05, 3.63) is 0 Å². The van der Waals surface area contributed by atoms with E-state index >= 15 is 0 Å². The minimum atomic E-state index is -0.424. The maximum absolute atomic E-state index is 11.6. The Morgan fingerprint density at radius 1 is 1.26 bits per heavy atom. The third-order valence-corrected chi connectivity index (χ3v) is 3.49. The van der Waals surface area contributed by atoms with E-state index in [0.29, 0.717) is 18.5 Å². The molecule has 0 saturated carbocycles. The highest BCUT2D eigenvalue weighted by molar-refractivity contribution is 5.67. The van der Waals surface area contributed by atoms with E-state index in [1.165, 1.54) is 0 Å². The largest absolute Gasteiger partial charge is 0.444 e. The highest BCUT2D eigenvalue weighted by Gasteiger charge is 2.30. The predicted molar refractivity (Wildman–Crippen MR) is 78.2 cm³/mol. The number of ether oxygens (including phenoxy) is 1. The fourth-order valence-electron chi connectivity index (χ4n) is 2.38. The second-order valence-electron chi connectivity index (χ2n) is 7.65. The molecule has 1 heterocycles. The molecule has 2 unspecified atom stereocenters. The molecule has 2 atom stereocenters. The third-order valence-electron chi connectivity index (χ3n) is 3.49. The molecule has 0 aromatic carbocycles. The number of alkyl carbamates (subject to hydrolysis) is 1. The van der Waals surface area contributed by atoms with E-state index in [1.807, 2.05) is 20.8 Å². The van der Waals surface area contributed by atoms with Gasteiger partial charge in [-0.2, -0.15) is 0 Å². The second-order valence-corrected chi connectivity index (χ2v) is 7.65. The Kier molecular flexibility index (Phi) is 5.25. The maximum atomic E-state index is 11.6. The molecular weight excluding hydrogens is 240 g/mol. The van der Waals surface area contributed by atoms with Gasteiger partial charge in [-0.1, -0.05) is 20.8 Å². The van der Waals surface area contributed by atoms with Crippen LogP contribution in [0, 0.1) is 11.3 Å². The van der Waals surface area contributed by atoms with Gasteiger partial charge in [0.05, 0.1) is 0 Å². The Hall–Kier alpha value is -0.770. The van der Waals surface area contributed by atoms with Gasteiger partial charge in [0.2, 0.25) is 0 Å². The first-order chi connectivity index (χ1) is 8.58. The van der Waals surface area contributed by atoms with E-state index in [0.717, 1.165) is 19.4 Å². The SMILES string of the molecule is CC(C)(C)OC(=O)NCC1CCNC(C(C)(C)C)C1. The summed E-state index contributed by atoms with van der Waals surface area (Å²) >= 11 is 0. The number of hydrogen-bond donors (Lipinski definition) is 2. The molecule has 1 aliphatic heterocycles. The van der Waals surface area contributed by atoms with Crippen LogP contribution in [-0.2, 0) is 4.74 Å². The van der Waals surface area contributed by atoms with Gasteiger partial charge >= 0.3 is 6.09 Å². The van der Waals surface area contributed by atoms with E-state index in [4.69, 9.17) is 4.74 Å². The van der Waals surface area contributed by atoms with Crippen LogP contribution in [0.4, 0.5) is 4.79 Å². The van der Waals surface area contributed by atoms with Crippen LogP contribution in [0.5, 0.6) is 0 Å². The average molecular weight is 270 g/mol. The first kappa shape index (κ1) is 16.3. The molecule has 19 heavy (non-hydrogen) atoms. The van der Waals surface area contributed by atoms with E-state index in [-0.39, 0.29) is 11.5 Å². The summed E-state index contributed by atoms with van der Waals surface area (Å²) in [6, 6.07) is 0.520. The fourth-order valence-corrected chi connectivity index (χ4v) is 2.38. The molecule has 1 amide bonds. The Morgan fingerprint density at radius 2 is 1.89 bits per heavy atom. The molecule has 112 valence electrons. The summed E-state index contributed by atoms with van der Waals surface area (Å²) in [6.07, 6.45) is 1.92. The highest BCUT2D eigenvalue weighted by Crippen LogP contribution is 2.28.